The van der Waals surface area contributed by atoms with Crippen molar-refractivity contribution >= 4 is 38.0 Å². The number of nitrogens with two attached hydrogens (primary N) is 1. The van der Waals surface area contributed by atoms with E-state index in [-0.39, 0.29) is 4.90 Å². The second kappa shape index (κ2) is 7.36. The third-order valence-electron chi connectivity index (χ3n) is 5.06. The molecule has 0 spiro atoms. The molecule has 30 heavy (non-hydrogen) atoms. The summed E-state index contributed by atoms with van der Waals surface area (Å²) < 4.78 is 23.4. The molecule has 0 atom stereocenters. The lowest BCUT2D eigenvalue weighted by Gasteiger charge is -2.23. The quantitative estimate of drug-likeness (QED) is 0.663. The van der Waals surface area contributed by atoms with Crippen molar-refractivity contribution in [3.63, 3.8) is 0 Å². The number of aryl methyl sites for hydroxylation is 1. The first-order valence-corrected chi connectivity index (χ1v) is 11.5. The van der Waals surface area contributed by atoms with Gasteiger partial charge in [-0.25, -0.2) is 23.5 Å². The summed E-state index contributed by atoms with van der Waals surface area (Å²) in [5, 5.41) is 15.8. The van der Waals surface area contributed by atoms with Crippen LogP contribution in [0.15, 0.2) is 35.4 Å². The molecule has 2 N–H and O–H groups in total. The van der Waals surface area contributed by atoms with Crippen molar-refractivity contribution in [1.29, 1.82) is 5.26 Å². The zero-order valence-corrected chi connectivity index (χ0v) is 18.4. The number of nitriles is 1. The van der Waals surface area contributed by atoms with Crippen molar-refractivity contribution < 1.29 is 8.42 Å². The smallest absolute Gasteiger partial charge is 0.238 e. The molecule has 0 radical (unpaired) electrons. The summed E-state index contributed by atoms with van der Waals surface area (Å²) in [7, 11) is 1.87. The Morgan fingerprint density at radius 2 is 2.00 bits per heavy atom. The predicted octanol–water partition coefficient (Wildman–Crippen LogP) is 2.66. The minimum absolute atomic E-state index is 0.0264. The number of hydrogen-bond acceptors (Lipinski definition) is 8. The molecular formula is C20H20N6O2S2. The molecule has 0 aliphatic heterocycles. The summed E-state index contributed by atoms with van der Waals surface area (Å²) in [5.41, 5.74) is 4.47. The molecule has 1 aromatic carbocycles. The van der Waals surface area contributed by atoms with Gasteiger partial charge in [-0.2, -0.15) is 5.26 Å². The predicted molar refractivity (Wildman–Crippen MR) is 118 cm³/mol. The van der Waals surface area contributed by atoms with Gasteiger partial charge in [-0.1, -0.05) is 6.07 Å². The van der Waals surface area contributed by atoms with E-state index in [0.717, 1.165) is 40.2 Å². The van der Waals surface area contributed by atoms with Crippen molar-refractivity contribution in [3.05, 3.63) is 46.5 Å². The molecule has 3 aromatic rings. The van der Waals surface area contributed by atoms with Gasteiger partial charge in [0.2, 0.25) is 16.0 Å². The van der Waals surface area contributed by atoms with E-state index in [4.69, 9.17) is 10.1 Å². The van der Waals surface area contributed by atoms with Crippen molar-refractivity contribution in [2.75, 3.05) is 30.9 Å². The lowest BCUT2D eigenvalue weighted by atomic mass is 9.91. The summed E-state index contributed by atoms with van der Waals surface area (Å²) >= 11 is 1.47. The monoisotopic (exact) mass is 440 g/mol. The van der Waals surface area contributed by atoms with E-state index in [2.05, 4.69) is 11.1 Å². The topological polar surface area (TPSA) is 116 Å². The highest BCUT2D eigenvalue weighted by Gasteiger charge is 2.28. The number of aromatic nitrogens is 2. The minimum Gasteiger partial charge on any atom is -0.369 e. The fourth-order valence-corrected chi connectivity index (χ4v) is 5.17. The van der Waals surface area contributed by atoms with Gasteiger partial charge in [0, 0.05) is 38.6 Å². The molecule has 1 aliphatic carbocycles. The number of benzene rings is 1. The number of rotatable bonds is 4. The van der Waals surface area contributed by atoms with Crippen LogP contribution >= 0.6 is 11.3 Å². The van der Waals surface area contributed by atoms with Crippen LogP contribution in [0.3, 0.4) is 0 Å². The van der Waals surface area contributed by atoms with E-state index in [9.17, 15) is 13.7 Å². The highest BCUT2D eigenvalue weighted by molar-refractivity contribution is 7.89. The van der Waals surface area contributed by atoms with E-state index in [1.54, 1.807) is 24.1 Å². The molecule has 10 heteroatoms. The van der Waals surface area contributed by atoms with Crippen LogP contribution in [0.2, 0.25) is 0 Å². The van der Waals surface area contributed by atoms with Crippen LogP contribution in [0.5, 0.6) is 0 Å². The molecule has 0 amide bonds. The largest absolute Gasteiger partial charge is 0.369 e. The Balaban J connectivity index is 1.83. The van der Waals surface area contributed by atoms with Gasteiger partial charge in [0.05, 0.1) is 10.6 Å². The average Bonchev–Trinajstić information content (AvgIpc) is 3.12. The number of anilines is 3. The first-order chi connectivity index (χ1) is 14.2. The lowest BCUT2D eigenvalue weighted by Crippen LogP contribution is -2.18. The molecule has 2 heterocycles. The second-order valence-electron chi connectivity index (χ2n) is 7.24. The standard InChI is InChI=1S/C20H20N6O2S2/c1-25(2)19-17-15(16(10-21)29-19)8-7-12-11-23-20(24-18(12)17)26(3)13-5-4-6-14(9-13)30(22,27)28/h4-6,9,11H,7-8H2,1-3H3,(H2,22,27,28). The van der Waals surface area contributed by atoms with Crippen LogP contribution in [-0.2, 0) is 22.9 Å². The second-order valence-corrected chi connectivity index (χ2v) is 9.80. The van der Waals surface area contributed by atoms with Gasteiger partial charge in [0.1, 0.15) is 15.9 Å². The maximum Gasteiger partial charge on any atom is 0.238 e. The van der Waals surface area contributed by atoms with Gasteiger partial charge in [-0.3, -0.25) is 0 Å². The third-order valence-corrected chi connectivity index (χ3v) is 7.28. The van der Waals surface area contributed by atoms with E-state index < -0.39 is 10.0 Å². The van der Waals surface area contributed by atoms with Gasteiger partial charge in [0.15, 0.2) is 0 Å². The summed E-state index contributed by atoms with van der Waals surface area (Å²) in [6.07, 6.45) is 3.36. The number of primary sulfonamides is 1. The Hall–Kier alpha value is -3.00. The molecule has 1 aliphatic rings. The van der Waals surface area contributed by atoms with Gasteiger partial charge >= 0.3 is 0 Å². The molecular weight excluding hydrogens is 420 g/mol. The molecule has 0 saturated carbocycles. The maximum absolute atomic E-state index is 11.7. The first kappa shape index (κ1) is 20.3. The Morgan fingerprint density at radius 3 is 2.67 bits per heavy atom. The van der Waals surface area contributed by atoms with E-state index in [1.165, 1.54) is 23.5 Å². The van der Waals surface area contributed by atoms with Crippen LogP contribution in [0.4, 0.5) is 16.6 Å². The zero-order valence-electron chi connectivity index (χ0n) is 16.7. The third kappa shape index (κ3) is 3.41. The molecule has 0 bridgehead atoms. The average molecular weight is 441 g/mol. The van der Waals surface area contributed by atoms with Gasteiger partial charge < -0.3 is 9.80 Å². The molecule has 0 fully saturated rings. The summed E-state index contributed by atoms with van der Waals surface area (Å²) in [6.45, 7) is 0. The lowest BCUT2D eigenvalue weighted by molar-refractivity contribution is 0.598. The molecule has 0 unspecified atom stereocenters. The van der Waals surface area contributed by atoms with E-state index >= 15 is 0 Å². The SMILES string of the molecule is CN(C)c1sc(C#N)c2c1-c1nc(N(C)c3cccc(S(N)(=O)=O)c3)ncc1CC2. The molecule has 2 aromatic heterocycles. The normalized spacial score (nSPS) is 12.6. The van der Waals surface area contributed by atoms with Gasteiger partial charge in [-0.05, 0) is 42.2 Å². The Bertz CT molecular complexity index is 1290. The van der Waals surface area contributed by atoms with Crippen LogP contribution in [0.1, 0.15) is 16.0 Å². The molecule has 154 valence electrons. The number of thiophene rings is 1. The Morgan fingerprint density at radius 1 is 1.23 bits per heavy atom. The summed E-state index contributed by atoms with van der Waals surface area (Å²) in [5.74, 6) is 0.433. The zero-order chi connectivity index (χ0) is 21.6. The highest BCUT2D eigenvalue weighted by atomic mass is 32.2. The summed E-state index contributed by atoms with van der Waals surface area (Å²) in [6, 6.07) is 8.66. The van der Waals surface area contributed by atoms with E-state index in [1.807, 2.05) is 25.2 Å². The highest BCUT2D eigenvalue weighted by Crippen LogP contribution is 2.46. The molecule has 0 saturated heterocycles. The molecule has 8 nitrogen and oxygen atoms in total. The fourth-order valence-electron chi connectivity index (χ4n) is 3.54. The van der Waals surface area contributed by atoms with E-state index in [0.29, 0.717) is 16.5 Å². The summed E-state index contributed by atoms with van der Waals surface area (Å²) in [4.78, 5) is 13.8. The van der Waals surface area contributed by atoms with Crippen LogP contribution in [0.25, 0.3) is 11.3 Å². The Kier molecular flexibility index (Phi) is 4.97. The fraction of sp³-hybridized carbons (Fsp3) is 0.250. The number of fused-ring (bicyclic) bond motifs is 3. The van der Waals surface area contributed by atoms with Crippen molar-refractivity contribution in [1.82, 2.24) is 9.97 Å². The Labute approximate surface area is 179 Å². The van der Waals surface area contributed by atoms with Crippen LogP contribution < -0.4 is 14.9 Å². The van der Waals surface area contributed by atoms with Crippen molar-refractivity contribution in [2.45, 2.75) is 17.7 Å². The molecule has 4 rings (SSSR count). The van der Waals surface area contributed by atoms with Crippen molar-refractivity contribution in [2.24, 2.45) is 5.14 Å². The number of nitrogens with zero attached hydrogens (tertiary/aromatic N) is 5. The minimum atomic E-state index is -3.81. The van der Waals surface area contributed by atoms with Gasteiger partial charge in [-0.15, -0.1) is 11.3 Å². The van der Waals surface area contributed by atoms with Crippen LogP contribution in [0, 0.1) is 11.3 Å². The number of hydrogen-bond donors (Lipinski definition) is 1. The number of sulfonamides is 1. The van der Waals surface area contributed by atoms with Crippen LogP contribution in [-0.4, -0.2) is 39.5 Å². The first-order valence-electron chi connectivity index (χ1n) is 9.16. The van der Waals surface area contributed by atoms with Crippen molar-refractivity contribution in [3.8, 4) is 17.3 Å². The maximum atomic E-state index is 11.7. The van der Waals surface area contributed by atoms with Gasteiger partial charge in [0.25, 0.3) is 0 Å².